The fourth-order valence-electron chi connectivity index (χ4n) is 1.95. The zero-order valence-corrected chi connectivity index (χ0v) is 11.5. The fraction of sp³-hybridized carbons (Fsp3) is 0. The van der Waals surface area contributed by atoms with Gasteiger partial charge in [0.15, 0.2) is 0 Å². The number of non-ortho nitro benzene ring substituents is 1. The number of nitro benzene ring substituents is 1. The Morgan fingerprint density at radius 3 is 1.82 bits per heavy atom. The van der Waals surface area contributed by atoms with Gasteiger partial charge in [-0.15, -0.1) is 0 Å². The number of nitro groups is 1. The van der Waals surface area contributed by atoms with Crippen molar-refractivity contribution in [2.24, 2.45) is 10.2 Å². The summed E-state index contributed by atoms with van der Waals surface area (Å²) < 4.78 is 2.00. The average molecular weight is 292 g/mol. The van der Waals surface area contributed by atoms with Gasteiger partial charge in [-0.3, -0.25) is 10.1 Å². The lowest BCUT2D eigenvalue weighted by molar-refractivity contribution is -0.384. The van der Waals surface area contributed by atoms with Crippen LogP contribution in [0.15, 0.2) is 83.3 Å². The normalized spacial score (nSPS) is 10.9. The molecule has 0 spiro atoms. The highest BCUT2D eigenvalue weighted by molar-refractivity contribution is 5.47. The summed E-state index contributed by atoms with van der Waals surface area (Å²) in [6.45, 7) is 0. The molecule has 108 valence electrons. The van der Waals surface area contributed by atoms with E-state index in [1.54, 1.807) is 12.1 Å². The molecule has 0 saturated heterocycles. The Morgan fingerprint density at radius 2 is 1.32 bits per heavy atom. The van der Waals surface area contributed by atoms with E-state index in [-0.39, 0.29) is 5.69 Å². The van der Waals surface area contributed by atoms with Gasteiger partial charge < -0.3 is 4.57 Å². The van der Waals surface area contributed by atoms with Gasteiger partial charge in [0, 0.05) is 30.2 Å². The van der Waals surface area contributed by atoms with Crippen LogP contribution < -0.4 is 0 Å². The van der Waals surface area contributed by atoms with E-state index in [2.05, 4.69) is 10.2 Å². The molecule has 6 heteroatoms. The van der Waals surface area contributed by atoms with Crippen LogP contribution in [0, 0.1) is 10.1 Å². The highest BCUT2D eigenvalue weighted by atomic mass is 16.6. The lowest BCUT2D eigenvalue weighted by Crippen LogP contribution is -1.87. The molecule has 0 fully saturated rings. The Labute approximate surface area is 126 Å². The molecule has 0 radical (unpaired) electrons. The van der Waals surface area contributed by atoms with E-state index < -0.39 is 4.92 Å². The number of nitrogens with zero attached hydrogens (tertiary/aromatic N) is 4. The molecule has 0 aliphatic heterocycles. The van der Waals surface area contributed by atoms with Crippen LogP contribution in [-0.4, -0.2) is 9.49 Å². The minimum absolute atomic E-state index is 0.0371. The Balaban J connectivity index is 1.73. The summed E-state index contributed by atoms with van der Waals surface area (Å²) in [5.41, 5.74) is 2.36. The van der Waals surface area contributed by atoms with E-state index in [1.165, 1.54) is 12.1 Å². The van der Waals surface area contributed by atoms with Gasteiger partial charge in [-0.1, -0.05) is 0 Å². The maximum atomic E-state index is 10.6. The average Bonchev–Trinajstić information content (AvgIpc) is 3.08. The second-order valence-electron chi connectivity index (χ2n) is 4.58. The van der Waals surface area contributed by atoms with Crippen molar-refractivity contribution in [1.29, 1.82) is 0 Å². The van der Waals surface area contributed by atoms with E-state index in [1.807, 2.05) is 53.4 Å². The van der Waals surface area contributed by atoms with Crippen LogP contribution >= 0.6 is 0 Å². The maximum Gasteiger partial charge on any atom is 0.269 e. The molecular weight excluding hydrogens is 280 g/mol. The first-order valence-electron chi connectivity index (χ1n) is 6.62. The van der Waals surface area contributed by atoms with E-state index in [0.29, 0.717) is 11.4 Å². The number of benzene rings is 2. The van der Waals surface area contributed by atoms with Crippen molar-refractivity contribution in [2.45, 2.75) is 0 Å². The first kappa shape index (κ1) is 13.7. The molecule has 3 rings (SSSR count). The quantitative estimate of drug-likeness (QED) is 0.393. The van der Waals surface area contributed by atoms with E-state index in [0.717, 1.165) is 5.69 Å². The molecule has 3 aromatic rings. The molecule has 0 aliphatic carbocycles. The van der Waals surface area contributed by atoms with Crippen LogP contribution in [-0.2, 0) is 0 Å². The summed E-state index contributed by atoms with van der Waals surface area (Å²) in [5, 5.41) is 18.8. The zero-order valence-electron chi connectivity index (χ0n) is 11.5. The summed E-state index contributed by atoms with van der Waals surface area (Å²) in [6.07, 6.45) is 3.93. The SMILES string of the molecule is O=[N+]([O-])c1ccc(N=Nc2ccc(-n3cccc3)cc2)cc1. The molecule has 0 bridgehead atoms. The Bertz CT molecular complexity index is 791. The van der Waals surface area contributed by atoms with Gasteiger partial charge >= 0.3 is 0 Å². The summed E-state index contributed by atoms with van der Waals surface area (Å²) >= 11 is 0. The summed E-state index contributed by atoms with van der Waals surface area (Å²) in [4.78, 5) is 10.1. The summed E-state index contributed by atoms with van der Waals surface area (Å²) in [5.74, 6) is 0. The third kappa shape index (κ3) is 3.06. The van der Waals surface area contributed by atoms with Gasteiger partial charge in [0.05, 0.1) is 16.3 Å². The summed E-state index contributed by atoms with van der Waals surface area (Å²) in [7, 11) is 0. The number of rotatable bonds is 4. The van der Waals surface area contributed by atoms with Crippen LogP contribution in [0.3, 0.4) is 0 Å². The third-order valence-corrected chi connectivity index (χ3v) is 3.09. The zero-order chi connectivity index (χ0) is 15.4. The lowest BCUT2D eigenvalue weighted by atomic mass is 10.3. The monoisotopic (exact) mass is 292 g/mol. The standard InChI is InChI=1S/C16H12N4O2/c21-20(22)16-9-5-14(6-10-16)18-17-13-3-7-15(8-4-13)19-11-1-2-12-19/h1-12H. The van der Waals surface area contributed by atoms with Gasteiger partial charge in [0.25, 0.3) is 5.69 Å². The fourth-order valence-corrected chi connectivity index (χ4v) is 1.95. The molecule has 1 heterocycles. The van der Waals surface area contributed by atoms with Crippen molar-refractivity contribution in [3.05, 3.63) is 83.2 Å². The molecule has 0 N–H and O–H groups in total. The topological polar surface area (TPSA) is 72.8 Å². The lowest BCUT2D eigenvalue weighted by Gasteiger charge is -2.02. The van der Waals surface area contributed by atoms with Crippen molar-refractivity contribution < 1.29 is 4.92 Å². The van der Waals surface area contributed by atoms with Gasteiger partial charge in [0.2, 0.25) is 0 Å². The van der Waals surface area contributed by atoms with E-state index in [9.17, 15) is 10.1 Å². The smallest absolute Gasteiger partial charge is 0.269 e. The van der Waals surface area contributed by atoms with Crippen LogP contribution in [0.4, 0.5) is 17.1 Å². The number of aromatic nitrogens is 1. The minimum atomic E-state index is -0.444. The summed E-state index contributed by atoms with van der Waals surface area (Å²) in [6, 6.07) is 17.5. The maximum absolute atomic E-state index is 10.6. The Morgan fingerprint density at radius 1 is 0.818 bits per heavy atom. The molecule has 0 unspecified atom stereocenters. The van der Waals surface area contributed by atoms with Gasteiger partial charge in [-0.05, 0) is 48.5 Å². The highest BCUT2D eigenvalue weighted by Crippen LogP contribution is 2.22. The Kier molecular flexibility index (Phi) is 3.74. The molecule has 6 nitrogen and oxygen atoms in total. The van der Waals surface area contributed by atoms with Crippen LogP contribution in [0.5, 0.6) is 0 Å². The number of hydrogen-bond acceptors (Lipinski definition) is 4. The third-order valence-electron chi connectivity index (χ3n) is 3.09. The predicted molar refractivity (Wildman–Crippen MR) is 83.0 cm³/mol. The van der Waals surface area contributed by atoms with Gasteiger partial charge in [-0.25, -0.2) is 0 Å². The molecular formula is C16H12N4O2. The molecule has 22 heavy (non-hydrogen) atoms. The van der Waals surface area contributed by atoms with Crippen molar-refractivity contribution >= 4 is 17.1 Å². The minimum Gasteiger partial charge on any atom is -0.324 e. The van der Waals surface area contributed by atoms with Gasteiger partial charge in [0.1, 0.15) is 0 Å². The highest BCUT2D eigenvalue weighted by Gasteiger charge is 2.03. The second kappa shape index (κ2) is 6.01. The number of hydrogen-bond donors (Lipinski definition) is 0. The first-order valence-corrected chi connectivity index (χ1v) is 6.62. The Hall–Kier alpha value is -3.28. The van der Waals surface area contributed by atoms with Crippen LogP contribution in [0.25, 0.3) is 5.69 Å². The molecule has 0 amide bonds. The van der Waals surface area contributed by atoms with E-state index in [4.69, 9.17) is 0 Å². The van der Waals surface area contributed by atoms with Crippen LogP contribution in [0.2, 0.25) is 0 Å². The van der Waals surface area contributed by atoms with Crippen LogP contribution in [0.1, 0.15) is 0 Å². The first-order chi connectivity index (χ1) is 10.7. The molecule has 0 atom stereocenters. The second-order valence-corrected chi connectivity index (χ2v) is 4.58. The van der Waals surface area contributed by atoms with E-state index >= 15 is 0 Å². The predicted octanol–water partition coefficient (Wildman–Crippen LogP) is 4.80. The molecule has 0 saturated carbocycles. The van der Waals surface area contributed by atoms with Crippen molar-refractivity contribution in [2.75, 3.05) is 0 Å². The largest absolute Gasteiger partial charge is 0.324 e. The van der Waals surface area contributed by atoms with Crippen molar-refractivity contribution in [3.63, 3.8) is 0 Å². The number of azo groups is 1. The molecule has 2 aromatic carbocycles. The van der Waals surface area contributed by atoms with Crippen molar-refractivity contribution in [1.82, 2.24) is 4.57 Å². The van der Waals surface area contributed by atoms with Gasteiger partial charge in [-0.2, -0.15) is 10.2 Å². The van der Waals surface area contributed by atoms with Crippen molar-refractivity contribution in [3.8, 4) is 5.69 Å². The molecule has 1 aromatic heterocycles. The molecule has 0 aliphatic rings.